The van der Waals surface area contributed by atoms with E-state index in [-0.39, 0.29) is 6.03 Å². The average molecular weight is 375 g/mol. The summed E-state index contributed by atoms with van der Waals surface area (Å²) in [5.41, 5.74) is 0.696. The molecule has 0 bridgehead atoms. The van der Waals surface area contributed by atoms with Crippen molar-refractivity contribution in [2.45, 2.75) is 19.8 Å². The van der Waals surface area contributed by atoms with Crippen LogP contribution in [0.25, 0.3) is 0 Å². The molecular formula is C18H23ClN6O. The van der Waals surface area contributed by atoms with Gasteiger partial charge < -0.3 is 20.9 Å². The number of nitrogens with zero attached hydrogens (tertiary/aromatic N) is 3. The van der Waals surface area contributed by atoms with Gasteiger partial charge in [0.1, 0.15) is 17.5 Å². The third-order valence-electron chi connectivity index (χ3n) is 4.07. The molecule has 0 aliphatic carbocycles. The number of hydrogen-bond donors (Lipinski definition) is 3. The fourth-order valence-electron chi connectivity index (χ4n) is 2.83. The van der Waals surface area contributed by atoms with Gasteiger partial charge in [0.05, 0.1) is 0 Å². The van der Waals surface area contributed by atoms with Crippen LogP contribution in [-0.4, -0.2) is 42.2 Å². The number of carbonyl (C=O) groups is 1. The minimum absolute atomic E-state index is 0.259. The number of amides is 2. The summed E-state index contributed by atoms with van der Waals surface area (Å²) in [6.45, 7) is 5.03. The first-order valence-corrected chi connectivity index (χ1v) is 9.13. The number of aryl methyl sites for hydroxylation is 1. The Morgan fingerprint density at radius 1 is 1.15 bits per heavy atom. The predicted octanol–water partition coefficient (Wildman–Crippen LogP) is 3.27. The number of aromatic nitrogens is 2. The van der Waals surface area contributed by atoms with E-state index in [2.05, 4.69) is 30.8 Å². The van der Waals surface area contributed by atoms with Crippen molar-refractivity contribution in [1.29, 1.82) is 0 Å². The lowest BCUT2D eigenvalue weighted by Gasteiger charge is -2.17. The number of rotatable bonds is 6. The highest BCUT2D eigenvalue weighted by molar-refractivity contribution is 6.30. The Morgan fingerprint density at radius 2 is 1.88 bits per heavy atom. The third kappa shape index (κ3) is 5.23. The molecule has 2 heterocycles. The Labute approximate surface area is 158 Å². The van der Waals surface area contributed by atoms with E-state index in [0.29, 0.717) is 23.8 Å². The van der Waals surface area contributed by atoms with Crippen molar-refractivity contribution in [3.8, 4) is 0 Å². The summed E-state index contributed by atoms with van der Waals surface area (Å²) < 4.78 is 0. The van der Waals surface area contributed by atoms with Crippen LogP contribution in [0.2, 0.25) is 5.02 Å². The smallest absolute Gasteiger partial charge is 0.319 e. The molecule has 0 radical (unpaired) electrons. The lowest BCUT2D eigenvalue weighted by Crippen LogP contribution is -2.32. The normalized spacial score (nSPS) is 13.5. The zero-order valence-corrected chi connectivity index (χ0v) is 15.5. The summed E-state index contributed by atoms with van der Waals surface area (Å²) in [6, 6.07) is 8.67. The number of hydrogen-bond acceptors (Lipinski definition) is 5. The highest BCUT2D eigenvalue weighted by Gasteiger charge is 2.14. The molecule has 3 N–H and O–H groups in total. The average Bonchev–Trinajstić information content (AvgIpc) is 3.15. The minimum Gasteiger partial charge on any atom is -0.368 e. The lowest BCUT2D eigenvalue weighted by molar-refractivity contribution is 0.252. The van der Waals surface area contributed by atoms with E-state index in [9.17, 15) is 4.79 Å². The second-order valence-electron chi connectivity index (χ2n) is 6.17. The van der Waals surface area contributed by atoms with Gasteiger partial charge in [-0.2, -0.15) is 0 Å². The summed E-state index contributed by atoms with van der Waals surface area (Å²) in [5.74, 6) is 2.48. The molecule has 0 saturated carbocycles. The number of carbonyl (C=O) groups excluding carboxylic acids is 1. The molecule has 138 valence electrons. The SMILES string of the molecule is Cc1nc(NCCNC(=O)Nc2ccc(Cl)cc2)cc(N2CCCC2)n1. The summed E-state index contributed by atoms with van der Waals surface area (Å²) in [7, 11) is 0. The summed E-state index contributed by atoms with van der Waals surface area (Å²) >= 11 is 5.82. The van der Waals surface area contributed by atoms with Crippen LogP contribution in [0.4, 0.5) is 22.1 Å². The second-order valence-corrected chi connectivity index (χ2v) is 6.60. The molecule has 0 unspecified atom stereocenters. The molecule has 7 nitrogen and oxygen atoms in total. The zero-order chi connectivity index (χ0) is 18.4. The first-order valence-electron chi connectivity index (χ1n) is 8.75. The number of halogens is 1. The van der Waals surface area contributed by atoms with Gasteiger partial charge in [0, 0.05) is 43.0 Å². The van der Waals surface area contributed by atoms with E-state index in [4.69, 9.17) is 11.6 Å². The molecular weight excluding hydrogens is 352 g/mol. The van der Waals surface area contributed by atoms with Crippen LogP contribution in [-0.2, 0) is 0 Å². The molecule has 2 amide bonds. The van der Waals surface area contributed by atoms with Crippen molar-refractivity contribution >= 4 is 35.0 Å². The maximum Gasteiger partial charge on any atom is 0.319 e. The summed E-state index contributed by atoms with van der Waals surface area (Å²) in [5, 5.41) is 9.43. The molecule has 2 aromatic rings. The zero-order valence-electron chi connectivity index (χ0n) is 14.8. The van der Waals surface area contributed by atoms with Crippen LogP contribution in [0, 0.1) is 6.92 Å². The van der Waals surface area contributed by atoms with Crippen molar-refractivity contribution in [2.24, 2.45) is 0 Å². The van der Waals surface area contributed by atoms with Crippen LogP contribution in [0.15, 0.2) is 30.3 Å². The van der Waals surface area contributed by atoms with E-state index in [0.717, 1.165) is 30.5 Å². The maximum absolute atomic E-state index is 11.9. The number of anilines is 3. The molecule has 3 rings (SSSR count). The molecule has 1 aromatic heterocycles. The maximum atomic E-state index is 11.9. The minimum atomic E-state index is -0.259. The van der Waals surface area contributed by atoms with Gasteiger partial charge in [0.25, 0.3) is 0 Å². The van der Waals surface area contributed by atoms with E-state index < -0.39 is 0 Å². The third-order valence-corrected chi connectivity index (χ3v) is 4.33. The van der Waals surface area contributed by atoms with E-state index in [1.54, 1.807) is 24.3 Å². The Morgan fingerprint density at radius 3 is 2.62 bits per heavy atom. The van der Waals surface area contributed by atoms with Gasteiger partial charge in [-0.1, -0.05) is 11.6 Å². The molecule has 1 fully saturated rings. The van der Waals surface area contributed by atoms with E-state index in [1.165, 1.54) is 12.8 Å². The number of benzene rings is 1. The van der Waals surface area contributed by atoms with Crippen molar-refractivity contribution in [1.82, 2.24) is 15.3 Å². The van der Waals surface area contributed by atoms with Gasteiger partial charge in [-0.25, -0.2) is 14.8 Å². The second kappa shape index (κ2) is 8.71. The predicted molar refractivity (Wildman–Crippen MR) is 105 cm³/mol. The van der Waals surface area contributed by atoms with Gasteiger partial charge >= 0.3 is 6.03 Å². The fourth-order valence-corrected chi connectivity index (χ4v) is 2.95. The van der Waals surface area contributed by atoms with Crippen LogP contribution in [0.1, 0.15) is 18.7 Å². The van der Waals surface area contributed by atoms with Gasteiger partial charge in [-0.3, -0.25) is 0 Å². The number of nitrogens with one attached hydrogen (secondary N) is 3. The Balaban J connectivity index is 1.44. The standard InChI is InChI=1S/C18H23ClN6O/c1-13-22-16(12-17(23-13)25-10-2-3-11-25)20-8-9-21-18(26)24-15-6-4-14(19)5-7-15/h4-7,12H,2-3,8-11H2,1H3,(H,20,22,23)(H2,21,24,26). The van der Waals surface area contributed by atoms with Gasteiger partial charge in [-0.15, -0.1) is 0 Å². The quantitative estimate of drug-likeness (QED) is 0.676. The first-order chi connectivity index (χ1) is 12.6. The van der Waals surface area contributed by atoms with Gasteiger partial charge in [-0.05, 0) is 44.0 Å². The van der Waals surface area contributed by atoms with Crippen molar-refractivity contribution in [2.75, 3.05) is 41.7 Å². The first kappa shape index (κ1) is 18.3. The van der Waals surface area contributed by atoms with Crippen molar-refractivity contribution in [3.63, 3.8) is 0 Å². The summed E-state index contributed by atoms with van der Waals surface area (Å²) in [6.07, 6.45) is 2.41. The molecule has 1 aromatic carbocycles. The largest absolute Gasteiger partial charge is 0.368 e. The van der Waals surface area contributed by atoms with E-state index >= 15 is 0 Å². The topological polar surface area (TPSA) is 82.2 Å². The van der Waals surface area contributed by atoms with Crippen LogP contribution < -0.4 is 20.9 Å². The molecule has 1 aliphatic heterocycles. The lowest BCUT2D eigenvalue weighted by atomic mass is 10.3. The van der Waals surface area contributed by atoms with Crippen LogP contribution >= 0.6 is 11.6 Å². The molecule has 0 spiro atoms. The fraction of sp³-hybridized carbons (Fsp3) is 0.389. The Bertz CT molecular complexity index is 746. The monoisotopic (exact) mass is 374 g/mol. The van der Waals surface area contributed by atoms with Crippen molar-refractivity contribution in [3.05, 3.63) is 41.2 Å². The highest BCUT2D eigenvalue weighted by Crippen LogP contribution is 2.20. The van der Waals surface area contributed by atoms with Crippen molar-refractivity contribution < 1.29 is 4.79 Å². The van der Waals surface area contributed by atoms with Gasteiger partial charge in [0.15, 0.2) is 0 Å². The Kier molecular flexibility index (Phi) is 6.12. The van der Waals surface area contributed by atoms with Gasteiger partial charge in [0.2, 0.25) is 0 Å². The number of urea groups is 1. The highest BCUT2D eigenvalue weighted by atomic mass is 35.5. The van der Waals surface area contributed by atoms with Crippen LogP contribution in [0.5, 0.6) is 0 Å². The molecule has 1 saturated heterocycles. The molecule has 8 heteroatoms. The Hall–Kier alpha value is -2.54. The molecule has 0 atom stereocenters. The summed E-state index contributed by atoms with van der Waals surface area (Å²) in [4.78, 5) is 23.1. The molecule has 26 heavy (non-hydrogen) atoms. The molecule has 1 aliphatic rings. The van der Waals surface area contributed by atoms with Crippen LogP contribution in [0.3, 0.4) is 0 Å². The van der Waals surface area contributed by atoms with E-state index in [1.807, 2.05) is 13.0 Å².